The number of carbonyl (C=O) groups is 1. The van der Waals surface area contributed by atoms with Crippen LogP contribution in [0.25, 0.3) is 10.6 Å². The van der Waals surface area contributed by atoms with E-state index in [-0.39, 0.29) is 44.0 Å². The van der Waals surface area contributed by atoms with Gasteiger partial charge in [0.05, 0.1) is 11.6 Å². The van der Waals surface area contributed by atoms with Gasteiger partial charge in [-0.1, -0.05) is 11.6 Å². The summed E-state index contributed by atoms with van der Waals surface area (Å²) in [5.41, 5.74) is -2.78. The summed E-state index contributed by atoms with van der Waals surface area (Å²) in [7, 11) is 0. The molecule has 2 unspecified atom stereocenters. The quantitative estimate of drug-likeness (QED) is 0.231. The molecule has 14 heteroatoms. The van der Waals surface area contributed by atoms with Crippen molar-refractivity contribution < 1.29 is 39.9 Å². The highest BCUT2D eigenvalue weighted by Crippen LogP contribution is 2.50. The number of thiazole rings is 1. The number of hydrogen-bond acceptors (Lipinski definition) is 4. The van der Waals surface area contributed by atoms with Crippen LogP contribution < -0.4 is 10.6 Å². The first-order valence-electron chi connectivity index (χ1n) is 11.3. The number of nitrogens with zero attached hydrogens (tertiary/aromatic N) is 1. The molecule has 1 aliphatic heterocycles. The van der Waals surface area contributed by atoms with E-state index >= 15 is 0 Å². The fourth-order valence-corrected chi connectivity index (χ4v) is 5.35. The molecule has 1 amide bonds. The maximum atomic E-state index is 14.2. The highest BCUT2D eigenvalue weighted by Gasteiger charge is 2.49. The standard InChI is InChI=1S/C26H14ClF8N3OS/c27-18-2-1-14(28)10-16(18)21-20-17(22(38-21)26(33,34)35)7-12(24-36-3-4-40-24)8-19(20)37-23(39)11-5-13(25(30,31)32)9-15(29)6-11/h1-10,21-22,38H,(H,37,39). The molecule has 0 radical (unpaired) electrons. The number of anilines is 1. The molecule has 2 heterocycles. The van der Waals surface area contributed by atoms with Gasteiger partial charge in [0.25, 0.3) is 5.91 Å². The molecule has 5 rings (SSSR count). The Hall–Kier alpha value is -3.55. The number of fused-ring (bicyclic) bond motifs is 1. The molecule has 0 bridgehead atoms. The SMILES string of the molecule is O=C(Nc1cc(-c2nccs2)cc2c1C(c1cc(F)ccc1Cl)NC2C(F)(F)F)c1cc(F)cc(C(F)(F)F)c1. The number of nitrogens with one attached hydrogen (secondary N) is 2. The molecule has 3 aromatic carbocycles. The molecular formula is C26H14ClF8N3OS. The van der Waals surface area contributed by atoms with Crippen LogP contribution in [-0.2, 0) is 6.18 Å². The third-order valence-electron chi connectivity index (χ3n) is 6.16. The first-order valence-corrected chi connectivity index (χ1v) is 12.5. The third-order valence-corrected chi connectivity index (χ3v) is 7.32. The summed E-state index contributed by atoms with van der Waals surface area (Å²) in [5.74, 6) is -3.35. The van der Waals surface area contributed by atoms with Gasteiger partial charge in [0.2, 0.25) is 0 Å². The second-order valence-corrected chi connectivity index (χ2v) is 10.1. The minimum Gasteiger partial charge on any atom is -0.322 e. The maximum Gasteiger partial charge on any atom is 0.416 e. The largest absolute Gasteiger partial charge is 0.416 e. The smallest absolute Gasteiger partial charge is 0.322 e. The molecule has 1 aromatic heterocycles. The lowest BCUT2D eigenvalue weighted by Gasteiger charge is -2.20. The number of rotatable bonds is 4. The van der Waals surface area contributed by atoms with Gasteiger partial charge in [0, 0.05) is 39.0 Å². The zero-order chi connectivity index (χ0) is 29.0. The number of hydrogen-bond donors (Lipinski definition) is 2. The Balaban J connectivity index is 1.70. The molecular weight excluding hydrogens is 590 g/mol. The van der Waals surface area contributed by atoms with Crippen LogP contribution in [0.4, 0.5) is 40.8 Å². The minimum absolute atomic E-state index is 0.0720. The van der Waals surface area contributed by atoms with Crippen molar-refractivity contribution >= 4 is 34.5 Å². The predicted octanol–water partition coefficient (Wildman–Crippen LogP) is 8.31. The molecule has 208 valence electrons. The van der Waals surface area contributed by atoms with Crippen molar-refractivity contribution in [1.29, 1.82) is 0 Å². The Labute approximate surface area is 229 Å². The van der Waals surface area contributed by atoms with Crippen molar-refractivity contribution in [3.05, 3.63) is 105 Å². The topological polar surface area (TPSA) is 54.0 Å². The summed E-state index contributed by atoms with van der Waals surface area (Å²) in [6, 6.07) is 3.13. The molecule has 2 atom stereocenters. The normalized spacial score (nSPS) is 17.1. The van der Waals surface area contributed by atoms with E-state index in [4.69, 9.17) is 11.6 Å². The van der Waals surface area contributed by atoms with E-state index < -0.39 is 53.1 Å². The van der Waals surface area contributed by atoms with Crippen molar-refractivity contribution in [3.8, 4) is 10.6 Å². The summed E-state index contributed by atoms with van der Waals surface area (Å²) < 4.78 is 111. The Morgan fingerprint density at radius 3 is 2.35 bits per heavy atom. The Morgan fingerprint density at radius 1 is 0.950 bits per heavy atom. The third kappa shape index (κ3) is 5.40. The number of alkyl halides is 6. The fourth-order valence-electron chi connectivity index (χ4n) is 4.50. The highest BCUT2D eigenvalue weighted by molar-refractivity contribution is 7.13. The van der Waals surface area contributed by atoms with Crippen LogP contribution in [0.1, 0.15) is 44.7 Å². The zero-order valence-corrected chi connectivity index (χ0v) is 21.2. The van der Waals surface area contributed by atoms with E-state index in [0.717, 1.165) is 29.5 Å². The Morgan fingerprint density at radius 2 is 1.70 bits per heavy atom. The lowest BCUT2D eigenvalue weighted by Crippen LogP contribution is -2.31. The van der Waals surface area contributed by atoms with Gasteiger partial charge in [0.1, 0.15) is 22.7 Å². The van der Waals surface area contributed by atoms with Crippen LogP contribution in [0.2, 0.25) is 5.02 Å². The van der Waals surface area contributed by atoms with E-state index in [2.05, 4.69) is 15.6 Å². The second-order valence-electron chi connectivity index (χ2n) is 8.78. The first-order chi connectivity index (χ1) is 18.7. The Kier molecular flexibility index (Phi) is 7.09. The minimum atomic E-state index is -4.97. The number of aromatic nitrogens is 1. The number of benzene rings is 3. The summed E-state index contributed by atoms with van der Waals surface area (Å²) in [6.45, 7) is 0. The molecule has 1 aliphatic rings. The molecule has 4 aromatic rings. The van der Waals surface area contributed by atoms with Crippen LogP contribution in [0, 0.1) is 11.6 Å². The van der Waals surface area contributed by atoms with E-state index in [9.17, 15) is 39.9 Å². The van der Waals surface area contributed by atoms with Crippen LogP contribution >= 0.6 is 22.9 Å². The molecule has 40 heavy (non-hydrogen) atoms. The highest BCUT2D eigenvalue weighted by atomic mass is 35.5. The van der Waals surface area contributed by atoms with Crippen LogP contribution in [-0.4, -0.2) is 17.1 Å². The van der Waals surface area contributed by atoms with Crippen molar-refractivity contribution in [2.24, 2.45) is 0 Å². The maximum absolute atomic E-state index is 14.2. The number of halogens is 9. The molecule has 0 saturated heterocycles. The summed E-state index contributed by atoms with van der Waals surface area (Å²) in [4.78, 5) is 17.2. The fraction of sp³-hybridized carbons (Fsp3) is 0.154. The van der Waals surface area contributed by atoms with Gasteiger partial charge in [-0.3, -0.25) is 10.1 Å². The number of carbonyl (C=O) groups excluding carboxylic acids is 1. The van der Waals surface area contributed by atoms with Crippen LogP contribution in [0.15, 0.2) is 60.1 Å². The summed E-state index contributed by atoms with van der Waals surface area (Å²) in [5, 5.41) is 6.51. The first kappa shape index (κ1) is 28.0. The molecule has 0 saturated carbocycles. The van der Waals surface area contributed by atoms with E-state index in [1.165, 1.54) is 18.3 Å². The second kappa shape index (κ2) is 10.1. The van der Waals surface area contributed by atoms with Gasteiger partial charge in [-0.25, -0.2) is 13.8 Å². The van der Waals surface area contributed by atoms with Gasteiger partial charge < -0.3 is 5.32 Å². The zero-order valence-electron chi connectivity index (χ0n) is 19.6. The summed E-state index contributed by atoms with van der Waals surface area (Å²) in [6.07, 6.45) is -8.41. The average Bonchev–Trinajstić information content (AvgIpc) is 3.53. The van der Waals surface area contributed by atoms with E-state index in [1.54, 1.807) is 5.38 Å². The van der Waals surface area contributed by atoms with Crippen molar-refractivity contribution in [3.63, 3.8) is 0 Å². The Bertz CT molecular complexity index is 1600. The van der Waals surface area contributed by atoms with Gasteiger partial charge in [0.15, 0.2) is 0 Å². The lowest BCUT2D eigenvalue weighted by molar-refractivity contribution is -0.156. The van der Waals surface area contributed by atoms with Crippen LogP contribution in [0.5, 0.6) is 0 Å². The predicted molar refractivity (Wildman–Crippen MR) is 132 cm³/mol. The lowest BCUT2D eigenvalue weighted by atomic mass is 9.93. The van der Waals surface area contributed by atoms with E-state index in [1.807, 2.05) is 0 Å². The summed E-state index contributed by atoms with van der Waals surface area (Å²) >= 11 is 7.31. The molecule has 0 fully saturated rings. The number of amides is 1. The van der Waals surface area contributed by atoms with Gasteiger partial charge in [-0.15, -0.1) is 11.3 Å². The average molecular weight is 604 g/mol. The van der Waals surface area contributed by atoms with Crippen LogP contribution in [0.3, 0.4) is 0 Å². The van der Waals surface area contributed by atoms with Crippen molar-refractivity contribution in [2.45, 2.75) is 24.4 Å². The van der Waals surface area contributed by atoms with Gasteiger partial charge >= 0.3 is 12.4 Å². The van der Waals surface area contributed by atoms with Crippen molar-refractivity contribution in [1.82, 2.24) is 10.3 Å². The molecule has 2 N–H and O–H groups in total. The molecule has 0 aliphatic carbocycles. The monoisotopic (exact) mass is 603 g/mol. The van der Waals surface area contributed by atoms with Crippen molar-refractivity contribution in [2.75, 3.05) is 5.32 Å². The van der Waals surface area contributed by atoms with Gasteiger partial charge in [-0.05, 0) is 59.7 Å². The van der Waals surface area contributed by atoms with E-state index in [0.29, 0.717) is 12.1 Å². The molecule has 0 spiro atoms. The van der Waals surface area contributed by atoms with Gasteiger partial charge in [-0.2, -0.15) is 26.3 Å². The molecule has 4 nitrogen and oxygen atoms in total.